The predicted octanol–water partition coefficient (Wildman–Crippen LogP) is 1.43. The lowest BCUT2D eigenvalue weighted by atomic mass is 10.1. The molecule has 1 aliphatic carbocycles. The first-order valence-corrected chi connectivity index (χ1v) is 8.26. The van der Waals surface area contributed by atoms with Crippen molar-refractivity contribution in [3.8, 4) is 0 Å². The van der Waals surface area contributed by atoms with Gasteiger partial charge in [0.1, 0.15) is 5.82 Å². The number of rotatable bonds is 7. The van der Waals surface area contributed by atoms with Gasteiger partial charge in [0.25, 0.3) is 0 Å². The minimum absolute atomic E-state index is 0.00364. The molecule has 0 unspecified atom stereocenters. The number of benzene rings is 1. The normalized spacial score (nSPS) is 15.7. The highest BCUT2D eigenvalue weighted by Gasteiger charge is 2.38. The second-order valence-electron chi connectivity index (χ2n) is 5.21. The van der Waals surface area contributed by atoms with E-state index in [0.29, 0.717) is 6.61 Å². The maximum Gasteiger partial charge on any atom is 0.243 e. The Balaban J connectivity index is 2.39. The minimum Gasteiger partial charge on any atom is -0.392 e. The summed E-state index contributed by atoms with van der Waals surface area (Å²) in [6.07, 6.45) is 1.66. The van der Waals surface area contributed by atoms with Gasteiger partial charge in [-0.15, -0.1) is 0 Å². The largest absolute Gasteiger partial charge is 0.392 e. The van der Waals surface area contributed by atoms with E-state index >= 15 is 0 Å². The number of ether oxygens (including phenoxy) is 1. The van der Waals surface area contributed by atoms with Crippen molar-refractivity contribution in [2.24, 2.45) is 0 Å². The van der Waals surface area contributed by atoms with E-state index in [1.54, 1.807) is 0 Å². The summed E-state index contributed by atoms with van der Waals surface area (Å²) in [7, 11) is -2.19. The highest BCUT2D eigenvalue weighted by Crippen LogP contribution is 2.32. The van der Waals surface area contributed by atoms with Crippen LogP contribution in [0.1, 0.15) is 24.0 Å². The zero-order chi connectivity index (χ0) is 15.6. The zero-order valence-electron chi connectivity index (χ0n) is 12.2. The van der Waals surface area contributed by atoms with Crippen LogP contribution in [0.25, 0.3) is 0 Å². The smallest absolute Gasteiger partial charge is 0.243 e. The van der Waals surface area contributed by atoms with Gasteiger partial charge in [-0.05, 0) is 37.5 Å². The zero-order valence-corrected chi connectivity index (χ0v) is 13.0. The number of methoxy groups -OCH3 is 1. The Labute approximate surface area is 124 Å². The van der Waals surface area contributed by atoms with Crippen LogP contribution in [0.3, 0.4) is 0 Å². The Bertz CT molecular complexity index is 614. The van der Waals surface area contributed by atoms with Crippen LogP contribution in [0.5, 0.6) is 0 Å². The highest BCUT2D eigenvalue weighted by atomic mass is 32.2. The molecule has 5 nitrogen and oxygen atoms in total. The number of aryl methyl sites for hydroxylation is 1. The van der Waals surface area contributed by atoms with Gasteiger partial charge in [0, 0.05) is 25.3 Å². The fourth-order valence-corrected chi connectivity index (χ4v) is 4.05. The third kappa shape index (κ3) is 3.42. The molecule has 0 aromatic heterocycles. The first-order chi connectivity index (χ1) is 9.91. The van der Waals surface area contributed by atoms with Crippen molar-refractivity contribution in [3.63, 3.8) is 0 Å². The SMILES string of the molecule is COCCN(C1CC1)S(=O)(=O)c1cc(C)c(F)c(CO)c1. The van der Waals surface area contributed by atoms with E-state index in [4.69, 9.17) is 9.84 Å². The molecule has 1 aromatic rings. The molecule has 1 aromatic carbocycles. The molecule has 0 bridgehead atoms. The summed E-state index contributed by atoms with van der Waals surface area (Å²) in [4.78, 5) is 0.0217. The van der Waals surface area contributed by atoms with Crippen LogP contribution >= 0.6 is 0 Å². The third-order valence-electron chi connectivity index (χ3n) is 3.55. The molecule has 0 aliphatic heterocycles. The molecule has 0 amide bonds. The van der Waals surface area contributed by atoms with Crippen molar-refractivity contribution in [1.29, 1.82) is 0 Å². The summed E-state index contributed by atoms with van der Waals surface area (Å²) in [5.74, 6) is -0.564. The standard InChI is InChI=1S/C14H20FNO4S/c1-10-7-13(8-11(9-17)14(10)15)21(18,19)16(5-6-20-2)12-3-4-12/h7-8,12,17H,3-6,9H2,1-2H3. The Morgan fingerprint density at radius 2 is 2.10 bits per heavy atom. The van der Waals surface area contributed by atoms with Crippen molar-refractivity contribution in [2.45, 2.75) is 37.3 Å². The number of hydrogen-bond donors (Lipinski definition) is 1. The summed E-state index contributed by atoms with van der Waals surface area (Å²) in [6, 6.07) is 2.51. The molecule has 1 aliphatic rings. The lowest BCUT2D eigenvalue weighted by Crippen LogP contribution is -2.36. The summed E-state index contributed by atoms with van der Waals surface area (Å²) >= 11 is 0. The summed E-state index contributed by atoms with van der Waals surface area (Å²) in [5.41, 5.74) is 0.207. The van der Waals surface area contributed by atoms with E-state index in [2.05, 4.69) is 0 Å². The number of nitrogens with zero attached hydrogens (tertiary/aromatic N) is 1. The molecular formula is C14H20FNO4S. The van der Waals surface area contributed by atoms with Crippen LogP contribution in [0.4, 0.5) is 4.39 Å². The second kappa shape index (κ2) is 6.39. The molecule has 0 atom stereocenters. The lowest BCUT2D eigenvalue weighted by molar-refractivity contribution is 0.177. The van der Waals surface area contributed by atoms with Crippen molar-refractivity contribution in [1.82, 2.24) is 4.31 Å². The molecule has 2 rings (SSSR count). The second-order valence-corrected chi connectivity index (χ2v) is 7.10. The molecule has 0 radical (unpaired) electrons. The van der Waals surface area contributed by atoms with Crippen LogP contribution in [-0.4, -0.2) is 44.1 Å². The summed E-state index contributed by atoms with van der Waals surface area (Å²) in [5, 5.41) is 9.17. The molecule has 1 N–H and O–H groups in total. The van der Waals surface area contributed by atoms with Gasteiger partial charge in [0.05, 0.1) is 18.1 Å². The molecule has 1 saturated carbocycles. The molecule has 21 heavy (non-hydrogen) atoms. The van der Waals surface area contributed by atoms with Gasteiger partial charge in [0.2, 0.25) is 10.0 Å². The third-order valence-corrected chi connectivity index (χ3v) is 5.48. The van der Waals surface area contributed by atoms with E-state index < -0.39 is 22.4 Å². The minimum atomic E-state index is -3.71. The average molecular weight is 317 g/mol. The van der Waals surface area contributed by atoms with Gasteiger partial charge in [-0.2, -0.15) is 4.31 Å². The molecule has 0 heterocycles. The molecule has 118 valence electrons. The number of aliphatic hydroxyl groups is 1. The van der Waals surface area contributed by atoms with E-state index in [0.717, 1.165) is 12.8 Å². The van der Waals surface area contributed by atoms with E-state index in [9.17, 15) is 12.8 Å². The number of aliphatic hydroxyl groups excluding tert-OH is 1. The van der Waals surface area contributed by atoms with Crippen molar-refractivity contribution < 1.29 is 22.7 Å². The number of hydrogen-bond acceptors (Lipinski definition) is 4. The Kier molecular flexibility index (Phi) is 4.98. The van der Waals surface area contributed by atoms with Crippen LogP contribution in [0.15, 0.2) is 17.0 Å². The summed E-state index contributed by atoms with van der Waals surface area (Å²) in [6.45, 7) is 1.54. The van der Waals surface area contributed by atoms with Crippen molar-refractivity contribution >= 4 is 10.0 Å². The fraction of sp³-hybridized carbons (Fsp3) is 0.571. The quantitative estimate of drug-likeness (QED) is 0.826. The maximum absolute atomic E-state index is 13.8. The van der Waals surface area contributed by atoms with Crippen molar-refractivity contribution in [2.75, 3.05) is 20.3 Å². The van der Waals surface area contributed by atoms with Gasteiger partial charge in [-0.1, -0.05) is 0 Å². The van der Waals surface area contributed by atoms with E-state index in [1.165, 1.54) is 30.5 Å². The van der Waals surface area contributed by atoms with E-state index in [-0.39, 0.29) is 28.6 Å². The van der Waals surface area contributed by atoms with Crippen LogP contribution in [0, 0.1) is 12.7 Å². The summed E-state index contributed by atoms with van der Waals surface area (Å²) < 4.78 is 45.6. The predicted molar refractivity (Wildman–Crippen MR) is 75.8 cm³/mol. The first kappa shape index (κ1) is 16.4. The van der Waals surface area contributed by atoms with Crippen LogP contribution in [0.2, 0.25) is 0 Å². The molecular weight excluding hydrogens is 297 g/mol. The van der Waals surface area contributed by atoms with Crippen LogP contribution < -0.4 is 0 Å². The number of halogens is 1. The number of sulfonamides is 1. The van der Waals surface area contributed by atoms with Gasteiger partial charge >= 0.3 is 0 Å². The fourth-order valence-electron chi connectivity index (χ4n) is 2.25. The van der Waals surface area contributed by atoms with Gasteiger partial charge in [-0.3, -0.25) is 0 Å². The first-order valence-electron chi connectivity index (χ1n) is 6.82. The monoisotopic (exact) mass is 317 g/mol. The van der Waals surface area contributed by atoms with Gasteiger partial charge < -0.3 is 9.84 Å². The molecule has 1 fully saturated rings. The van der Waals surface area contributed by atoms with Gasteiger partial charge in [-0.25, -0.2) is 12.8 Å². The molecule has 7 heteroatoms. The highest BCUT2D eigenvalue weighted by molar-refractivity contribution is 7.89. The molecule has 0 saturated heterocycles. The van der Waals surface area contributed by atoms with Crippen molar-refractivity contribution in [3.05, 3.63) is 29.1 Å². The lowest BCUT2D eigenvalue weighted by Gasteiger charge is -2.22. The van der Waals surface area contributed by atoms with E-state index in [1.807, 2.05) is 0 Å². The Morgan fingerprint density at radius 3 is 2.62 bits per heavy atom. The topological polar surface area (TPSA) is 66.8 Å². The Hall–Kier alpha value is -1.02. The average Bonchev–Trinajstić information content (AvgIpc) is 3.26. The molecule has 0 spiro atoms. The maximum atomic E-state index is 13.8. The Morgan fingerprint density at radius 1 is 1.43 bits per heavy atom. The van der Waals surface area contributed by atoms with Crippen LogP contribution in [-0.2, 0) is 21.4 Å². The van der Waals surface area contributed by atoms with Gasteiger partial charge in [0.15, 0.2) is 0 Å².